The van der Waals surface area contributed by atoms with Gasteiger partial charge in [-0.05, 0) is 45.6 Å². The summed E-state index contributed by atoms with van der Waals surface area (Å²) in [4.78, 5) is 1.39. The van der Waals surface area contributed by atoms with Crippen LogP contribution in [0.5, 0.6) is 0 Å². The first-order valence-electron chi connectivity index (χ1n) is 5.40. The zero-order valence-electron chi connectivity index (χ0n) is 9.95. The molecule has 0 saturated heterocycles. The van der Waals surface area contributed by atoms with Crippen molar-refractivity contribution in [2.75, 3.05) is 0 Å². The Balaban J connectivity index is 2.45. The van der Waals surface area contributed by atoms with Crippen LogP contribution >= 0.6 is 11.3 Å². The van der Waals surface area contributed by atoms with Gasteiger partial charge in [-0.2, -0.15) is 0 Å². The largest absolute Gasteiger partial charge is 0.392 e. The number of aliphatic hydroxyl groups excluding tert-OH is 1. The third kappa shape index (κ3) is 3.93. The predicted molar refractivity (Wildman–Crippen MR) is 66.4 cm³/mol. The van der Waals surface area contributed by atoms with Crippen LogP contribution in [0.4, 0.5) is 0 Å². The molecule has 3 heteroatoms. The maximum atomic E-state index is 9.60. The molecular weight excluding hydrogens is 206 g/mol. The summed E-state index contributed by atoms with van der Waals surface area (Å²) in [6.07, 6.45) is 0.677. The normalized spacial score (nSPS) is 16.3. The summed E-state index contributed by atoms with van der Waals surface area (Å²) in [5.41, 5.74) is -0.226. The molecule has 86 valence electrons. The van der Waals surface area contributed by atoms with Crippen molar-refractivity contribution < 1.29 is 5.11 Å². The van der Waals surface area contributed by atoms with Gasteiger partial charge in [0, 0.05) is 16.5 Å². The van der Waals surface area contributed by atoms with Gasteiger partial charge in [0.2, 0.25) is 0 Å². The number of rotatable bonds is 5. The molecule has 2 unspecified atom stereocenters. The molecule has 2 nitrogen and oxygen atoms in total. The fourth-order valence-corrected chi connectivity index (χ4v) is 2.37. The fraction of sp³-hybridized carbons (Fsp3) is 0.667. The Morgan fingerprint density at radius 1 is 1.47 bits per heavy atom. The highest BCUT2D eigenvalue weighted by Crippen LogP contribution is 2.14. The van der Waals surface area contributed by atoms with E-state index in [0.29, 0.717) is 6.04 Å². The van der Waals surface area contributed by atoms with E-state index in [1.165, 1.54) is 4.88 Å². The first-order chi connectivity index (χ1) is 6.92. The van der Waals surface area contributed by atoms with Gasteiger partial charge in [-0.1, -0.05) is 6.07 Å². The van der Waals surface area contributed by atoms with Gasteiger partial charge in [-0.3, -0.25) is 0 Å². The molecule has 0 spiro atoms. The van der Waals surface area contributed by atoms with E-state index in [1.54, 1.807) is 11.3 Å². The third-order valence-corrected chi connectivity index (χ3v) is 3.65. The smallest absolute Gasteiger partial charge is 0.0688 e. The van der Waals surface area contributed by atoms with E-state index in [9.17, 15) is 5.11 Å². The van der Waals surface area contributed by atoms with Gasteiger partial charge in [0.05, 0.1) is 6.10 Å². The highest BCUT2D eigenvalue weighted by molar-refractivity contribution is 7.09. The van der Waals surface area contributed by atoms with Crippen LogP contribution in [0.15, 0.2) is 17.5 Å². The Hall–Kier alpha value is -0.380. The highest BCUT2D eigenvalue weighted by atomic mass is 32.1. The van der Waals surface area contributed by atoms with Crippen LogP contribution in [0.1, 0.15) is 32.6 Å². The molecule has 0 saturated carbocycles. The van der Waals surface area contributed by atoms with E-state index in [0.717, 1.165) is 6.42 Å². The van der Waals surface area contributed by atoms with Crippen molar-refractivity contribution in [3.05, 3.63) is 22.4 Å². The summed E-state index contributed by atoms with van der Waals surface area (Å²) in [6, 6.07) is 4.61. The molecule has 1 heterocycles. The van der Waals surface area contributed by atoms with Gasteiger partial charge in [-0.15, -0.1) is 11.3 Å². The van der Waals surface area contributed by atoms with Crippen molar-refractivity contribution in [3.63, 3.8) is 0 Å². The molecule has 0 bridgehead atoms. The van der Waals surface area contributed by atoms with Crippen molar-refractivity contribution >= 4 is 11.3 Å². The number of aliphatic hydroxyl groups is 1. The molecule has 2 N–H and O–H groups in total. The van der Waals surface area contributed by atoms with Crippen molar-refractivity contribution in [2.45, 2.75) is 51.8 Å². The molecule has 0 aliphatic rings. The van der Waals surface area contributed by atoms with Gasteiger partial charge in [0.25, 0.3) is 0 Å². The zero-order valence-corrected chi connectivity index (χ0v) is 10.8. The zero-order chi connectivity index (χ0) is 11.5. The Bertz CT molecular complexity index is 280. The molecule has 0 aromatic carbocycles. The predicted octanol–water partition coefficient (Wildman–Crippen LogP) is 2.43. The number of hydrogen-bond donors (Lipinski definition) is 2. The number of nitrogens with one attached hydrogen (secondary N) is 1. The van der Waals surface area contributed by atoms with Crippen molar-refractivity contribution in [3.8, 4) is 0 Å². The Kier molecular flexibility index (Phi) is 4.32. The lowest BCUT2D eigenvalue weighted by Crippen LogP contribution is -2.52. The Morgan fingerprint density at radius 2 is 2.13 bits per heavy atom. The van der Waals surface area contributed by atoms with Crippen molar-refractivity contribution in [1.29, 1.82) is 0 Å². The highest BCUT2D eigenvalue weighted by Gasteiger charge is 2.25. The summed E-state index contributed by atoms with van der Waals surface area (Å²) >= 11 is 1.78. The maximum Gasteiger partial charge on any atom is 0.0688 e. The lowest BCUT2D eigenvalue weighted by molar-refractivity contribution is 0.0895. The molecule has 15 heavy (non-hydrogen) atoms. The van der Waals surface area contributed by atoms with Crippen LogP contribution in [0.3, 0.4) is 0 Å². The minimum Gasteiger partial charge on any atom is -0.392 e. The van der Waals surface area contributed by atoms with Crippen LogP contribution in [0, 0.1) is 0 Å². The van der Waals surface area contributed by atoms with Crippen LogP contribution in [0.2, 0.25) is 0 Å². The summed E-state index contributed by atoms with van der Waals surface area (Å²) < 4.78 is 0. The van der Waals surface area contributed by atoms with Gasteiger partial charge >= 0.3 is 0 Å². The topological polar surface area (TPSA) is 32.3 Å². The Morgan fingerprint density at radius 3 is 2.60 bits per heavy atom. The fourth-order valence-electron chi connectivity index (χ4n) is 1.54. The number of thiophene rings is 1. The molecule has 0 amide bonds. The monoisotopic (exact) mass is 227 g/mol. The second-order valence-corrected chi connectivity index (χ2v) is 5.76. The average Bonchev–Trinajstić information content (AvgIpc) is 2.54. The summed E-state index contributed by atoms with van der Waals surface area (Å²) in [5.74, 6) is 0. The lowest BCUT2D eigenvalue weighted by Gasteiger charge is -2.32. The SMILES string of the molecule is CC(Cc1cccs1)NC(C)(C)C(C)O. The molecule has 1 rings (SSSR count). The minimum atomic E-state index is -0.344. The first kappa shape index (κ1) is 12.7. The standard InChI is InChI=1S/C12H21NOS/c1-9(8-11-6-5-7-15-11)13-12(3,4)10(2)14/h5-7,9-10,13-14H,8H2,1-4H3. The van der Waals surface area contributed by atoms with E-state index in [2.05, 4.69) is 29.8 Å². The average molecular weight is 227 g/mol. The molecule has 0 aliphatic heterocycles. The van der Waals surface area contributed by atoms with E-state index in [-0.39, 0.29) is 11.6 Å². The van der Waals surface area contributed by atoms with E-state index in [4.69, 9.17) is 0 Å². The number of hydrogen-bond acceptors (Lipinski definition) is 3. The van der Waals surface area contributed by atoms with Gasteiger partial charge in [-0.25, -0.2) is 0 Å². The lowest BCUT2D eigenvalue weighted by atomic mass is 9.97. The second kappa shape index (κ2) is 5.10. The molecule has 1 aromatic heterocycles. The molecule has 0 aliphatic carbocycles. The molecule has 0 radical (unpaired) electrons. The van der Waals surface area contributed by atoms with Crippen molar-refractivity contribution in [2.24, 2.45) is 0 Å². The maximum absolute atomic E-state index is 9.60. The second-order valence-electron chi connectivity index (χ2n) is 4.73. The van der Waals surface area contributed by atoms with E-state index >= 15 is 0 Å². The molecule has 0 fully saturated rings. The van der Waals surface area contributed by atoms with Crippen molar-refractivity contribution in [1.82, 2.24) is 5.32 Å². The summed E-state index contributed by atoms with van der Waals surface area (Å²) in [7, 11) is 0. The van der Waals surface area contributed by atoms with Crippen LogP contribution in [-0.4, -0.2) is 22.8 Å². The third-order valence-electron chi connectivity index (χ3n) is 2.75. The van der Waals surface area contributed by atoms with Gasteiger partial charge in [0.1, 0.15) is 0 Å². The van der Waals surface area contributed by atoms with Gasteiger partial charge in [0.15, 0.2) is 0 Å². The summed E-state index contributed by atoms with van der Waals surface area (Å²) in [5, 5.41) is 15.1. The quantitative estimate of drug-likeness (QED) is 0.809. The minimum absolute atomic E-state index is 0.226. The first-order valence-corrected chi connectivity index (χ1v) is 6.28. The Labute approximate surface area is 96.3 Å². The van der Waals surface area contributed by atoms with Crippen LogP contribution in [0.25, 0.3) is 0 Å². The van der Waals surface area contributed by atoms with Gasteiger partial charge < -0.3 is 10.4 Å². The summed E-state index contributed by atoms with van der Waals surface area (Å²) in [6.45, 7) is 8.04. The molecular formula is C12H21NOS. The molecule has 1 aromatic rings. The molecule has 2 atom stereocenters. The van der Waals surface area contributed by atoms with E-state index < -0.39 is 0 Å². The van der Waals surface area contributed by atoms with E-state index in [1.807, 2.05) is 20.8 Å². The van der Waals surface area contributed by atoms with Crippen LogP contribution < -0.4 is 5.32 Å². The van der Waals surface area contributed by atoms with Crippen LogP contribution in [-0.2, 0) is 6.42 Å².